The molecule has 1 aromatic heterocycles. The minimum atomic E-state index is -3.68. The molecule has 4 rings (SSSR count). The number of aromatic amines is 1. The van der Waals surface area contributed by atoms with E-state index in [0.717, 1.165) is 24.8 Å². The van der Waals surface area contributed by atoms with Crippen molar-refractivity contribution in [3.63, 3.8) is 0 Å². The van der Waals surface area contributed by atoms with Gasteiger partial charge in [0.1, 0.15) is 0 Å². The highest BCUT2D eigenvalue weighted by Crippen LogP contribution is 2.24. The molecule has 2 N–H and O–H groups in total. The van der Waals surface area contributed by atoms with Crippen LogP contribution in [-0.4, -0.2) is 24.5 Å². The number of benzene rings is 2. The number of hydrogen-bond donors (Lipinski definition) is 2. The summed E-state index contributed by atoms with van der Waals surface area (Å²) in [5, 5.41) is 0. The smallest absolute Gasteiger partial charge is 0.316 e. The quantitative estimate of drug-likeness (QED) is 0.644. The Labute approximate surface area is 155 Å². The topological polar surface area (TPSA) is 101 Å². The van der Waals surface area contributed by atoms with Crippen LogP contribution in [0.2, 0.25) is 0 Å². The molecule has 140 valence electrons. The average molecular weight is 385 g/mol. The molecule has 0 saturated carbocycles. The Morgan fingerprint density at radius 2 is 1.81 bits per heavy atom. The maximum absolute atomic E-state index is 12.6. The van der Waals surface area contributed by atoms with Crippen LogP contribution in [-0.2, 0) is 29.4 Å². The Bertz CT molecular complexity index is 1240. The molecule has 1 heterocycles. The van der Waals surface area contributed by atoms with Gasteiger partial charge in [-0.1, -0.05) is 18.2 Å². The molecule has 8 heteroatoms. The number of para-hydroxylation sites is 2. The fraction of sp³-hybridized carbons (Fsp3) is 0.263. The third-order valence-corrected chi connectivity index (χ3v) is 6.35. The number of hydrogen-bond acceptors (Lipinski definition) is 4. The van der Waals surface area contributed by atoms with Crippen LogP contribution in [0.4, 0.5) is 0 Å². The summed E-state index contributed by atoms with van der Waals surface area (Å²) in [4.78, 5) is 26.7. The highest BCUT2D eigenvalue weighted by molar-refractivity contribution is 7.89. The van der Waals surface area contributed by atoms with E-state index in [4.69, 9.17) is 0 Å². The van der Waals surface area contributed by atoms with Crippen molar-refractivity contribution in [2.75, 3.05) is 6.54 Å². The Balaban J connectivity index is 1.56. The zero-order valence-electron chi connectivity index (χ0n) is 14.6. The van der Waals surface area contributed by atoms with Gasteiger partial charge in [-0.3, -0.25) is 9.59 Å². The van der Waals surface area contributed by atoms with E-state index >= 15 is 0 Å². The van der Waals surface area contributed by atoms with E-state index in [2.05, 4.69) is 9.71 Å². The van der Waals surface area contributed by atoms with Gasteiger partial charge in [-0.15, -0.1) is 0 Å². The molecule has 0 atom stereocenters. The first-order valence-electron chi connectivity index (χ1n) is 8.79. The molecule has 0 fully saturated rings. The summed E-state index contributed by atoms with van der Waals surface area (Å²) in [6.45, 7) is 0.0697. The summed E-state index contributed by atoms with van der Waals surface area (Å²) in [5.74, 6) is 0. The third-order valence-electron chi connectivity index (χ3n) is 4.89. The van der Waals surface area contributed by atoms with Gasteiger partial charge in [-0.2, -0.15) is 0 Å². The molecular formula is C19H19N3O4S. The number of aryl methyl sites for hydroxylation is 2. The van der Waals surface area contributed by atoms with Crippen LogP contribution >= 0.6 is 0 Å². The zero-order chi connectivity index (χ0) is 19.0. The van der Waals surface area contributed by atoms with Crippen LogP contribution in [0.3, 0.4) is 0 Å². The zero-order valence-corrected chi connectivity index (χ0v) is 15.4. The lowest BCUT2D eigenvalue weighted by Gasteiger charge is -2.11. The summed E-state index contributed by atoms with van der Waals surface area (Å²) in [7, 11) is -3.68. The van der Waals surface area contributed by atoms with E-state index < -0.39 is 21.1 Å². The molecule has 1 aliphatic carbocycles. The van der Waals surface area contributed by atoms with Crippen molar-refractivity contribution >= 4 is 21.1 Å². The molecule has 7 nitrogen and oxygen atoms in total. The van der Waals surface area contributed by atoms with Crippen LogP contribution in [0.25, 0.3) is 11.0 Å². The lowest BCUT2D eigenvalue weighted by atomic mass is 10.1. The van der Waals surface area contributed by atoms with E-state index in [9.17, 15) is 18.0 Å². The van der Waals surface area contributed by atoms with Gasteiger partial charge in [0.25, 0.3) is 0 Å². The Hall–Kier alpha value is -2.71. The fourth-order valence-corrected chi connectivity index (χ4v) is 4.61. The van der Waals surface area contributed by atoms with E-state index in [-0.39, 0.29) is 18.0 Å². The highest BCUT2D eigenvalue weighted by atomic mass is 32.2. The molecule has 0 bridgehead atoms. The first-order chi connectivity index (χ1) is 13.0. The largest absolute Gasteiger partial charge is 0.316 e. The minimum Gasteiger partial charge on any atom is -0.316 e. The standard InChI is InChI=1S/C19H19N3O4S/c23-18-19(24)22(17-7-2-1-6-16(17)21-18)11-10-20-27(25,26)15-9-8-13-4-3-5-14(13)12-15/h1-2,6-9,12,20H,3-5,10-11H2,(H,21,23). The molecule has 0 saturated heterocycles. The fourth-order valence-electron chi connectivity index (χ4n) is 3.53. The second-order valence-electron chi connectivity index (χ2n) is 6.61. The molecule has 0 unspecified atom stereocenters. The van der Waals surface area contributed by atoms with E-state index in [1.165, 1.54) is 10.1 Å². The molecule has 0 spiro atoms. The molecule has 0 amide bonds. The lowest BCUT2D eigenvalue weighted by Crippen LogP contribution is -2.39. The van der Waals surface area contributed by atoms with Gasteiger partial charge < -0.3 is 9.55 Å². The van der Waals surface area contributed by atoms with Crippen molar-refractivity contribution in [2.45, 2.75) is 30.7 Å². The molecule has 0 aliphatic heterocycles. The number of nitrogens with one attached hydrogen (secondary N) is 2. The van der Waals surface area contributed by atoms with Crippen molar-refractivity contribution in [1.29, 1.82) is 0 Å². The Morgan fingerprint density at radius 3 is 2.67 bits per heavy atom. The minimum absolute atomic E-state index is 0.00672. The average Bonchev–Trinajstić information content (AvgIpc) is 3.12. The van der Waals surface area contributed by atoms with Crippen molar-refractivity contribution in [2.24, 2.45) is 0 Å². The number of rotatable bonds is 5. The van der Waals surface area contributed by atoms with Gasteiger partial charge in [0, 0.05) is 13.1 Å². The second-order valence-corrected chi connectivity index (χ2v) is 8.38. The predicted molar refractivity (Wildman–Crippen MR) is 102 cm³/mol. The van der Waals surface area contributed by atoms with Gasteiger partial charge in [0.15, 0.2) is 0 Å². The number of H-pyrrole nitrogens is 1. The lowest BCUT2D eigenvalue weighted by molar-refractivity contribution is 0.572. The van der Waals surface area contributed by atoms with Crippen LogP contribution in [0.1, 0.15) is 17.5 Å². The van der Waals surface area contributed by atoms with Gasteiger partial charge in [0.2, 0.25) is 10.0 Å². The van der Waals surface area contributed by atoms with E-state index in [1.807, 2.05) is 6.07 Å². The SMILES string of the molecule is O=c1[nH]c2ccccc2n(CCNS(=O)(=O)c2ccc3c(c2)CCC3)c1=O. The number of nitrogens with zero attached hydrogens (tertiary/aromatic N) is 1. The van der Waals surface area contributed by atoms with Crippen LogP contribution in [0, 0.1) is 0 Å². The first-order valence-corrected chi connectivity index (χ1v) is 10.3. The third kappa shape index (κ3) is 3.33. The first kappa shape index (κ1) is 17.7. The number of aromatic nitrogens is 2. The van der Waals surface area contributed by atoms with Gasteiger partial charge in [-0.05, 0) is 54.7 Å². The summed E-state index contributed by atoms with van der Waals surface area (Å²) in [5.41, 5.74) is 1.94. The van der Waals surface area contributed by atoms with E-state index in [0.29, 0.717) is 11.0 Å². The maximum Gasteiger partial charge on any atom is 0.316 e. The van der Waals surface area contributed by atoms with Crippen molar-refractivity contribution in [3.8, 4) is 0 Å². The molecule has 2 aromatic carbocycles. The maximum atomic E-state index is 12.6. The molecule has 0 radical (unpaired) electrons. The summed E-state index contributed by atoms with van der Waals surface area (Å²) in [6.07, 6.45) is 2.93. The van der Waals surface area contributed by atoms with Crippen LogP contribution in [0.5, 0.6) is 0 Å². The monoisotopic (exact) mass is 385 g/mol. The van der Waals surface area contributed by atoms with Crippen LogP contribution in [0.15, 0.2) is 56.9 Å². The molecule has 1 aliphatic rings. The molecular weight excluding hydrogens is 366 g/mol. The number of fused-ring (bicyclic) bond motifs is 2. The second kappa shape index (κ2) is 6.79. The van der Waals surface area contributed by atoms with Crippen molar-refractivity contribution < 1.29 is 8.42 Å². The highest BCUT2D eigenvalue weighted by Gasteiger charge is 2.18. The van der Waals surface area contributed by atoms with Gasteiger partial charge in [-0.25, -0.2) is 13.1 Å². The molecule has 3 aromatic rings. The van der Waals surface area contributed by atoms with E-state index in [1.54, 1.807) is 36.4 Å². The van der Waals surface area contributed by atoms with Crippen molar-refractivity contribution in [3.05, 3.63) is 74.3 Å². The summed E-state index contributed by atoms with van der Waals surface area (Å²) >= 11 is 0. The predicted octanol–water partition coefficient (Wildman–Crippen LogP) is 1.16. The van der Waals surface area contributed by atoms with Gasteiger partial charge >= 0.3 is 11.1 Å². The van der Waals surface area contributed by atoms with Gasteiger partial charge in [0.05, 0.1) is 15.9 Å². The Kier molecular flexibility index (Phi) is 4.45. The number of sulfonamides is 1. The summed E-state index contributed by atoms with van der Waals surface area (Å²) in [6, 6.07) is 12.1. The molecule has 27 heavy (non-hydrogen) atoms. The summed E-state index contributed by atoms with van der Waals surface area (Å²) < 4.78 is 29.0. The normalized spacial score (nSPS) is 13.8. The van der Waals surface area contributed by atoms with Crippen LogP contribution < -0.4 is 15.8 Å². The van der Waals surface area contributed by atoms with Crippen molar-refractivity contribution in [1.82, 2.24) is 14.3 Å². The Morgan fingerprint density at radius 1 is 1.04 bits per heavy atom.